The lowest BCUT2D eigenvalue weighted by atomic mass is 10.2. The van der Waals surface area contributed by atoms with E-state index in [0.717, 1.165) is 34.9 Å². The molecular weight excluding hydrogens is 597 g/mol. The summed E-state index contributed by atoms with van der Waals surface area (Å²) >= 11 is 8.07. The van der Waals surface area contributed by atoms with Gasteiger partial charge in [0, 0.05) is 12.0 Å². The molecular formula is C26H25ClIN3O5. The first-order valence-corrected chi connectivity index (χ1v) is 13.0. The van der Waals surface area contributed by atoms with E-state index < -0.39 is 12.6 Å². The Morgan fingerprint density at radius 2 is 1.69 bits per heavy atom. The summed E-state index contributed by atoms with van der Waals surface area (Å²) < 4.78 is 11.7. The second-order valence-corrected chi connectivity index (χ2v) is 9.94. The zero-order chi connectivity index (χ0) is 25.5. The highest BCUT2D eigenvalue weighted by Gasteiger charge is 2.30. The van der Waals surface area contributed by atoms with E-state index in [4.69, 9.17) is 26.2 Å². The van der Waals surface area contributed by atoms with Gasteiger partial charge in [-0.3, -0.25) is 4.79 Å². The molecule has 2 aromatic heterocycles. The summed E-state index contributed by atoms with van der Waals surface area (Å²) in [5.74, 6) is 0.178. The highest BCUT2D eigenvalue weighted by Crippen LogP contribution is 2.43. The second kappa shape index (κ2) is 12.4. The minimum absolute atomic E-state index is 0.167. The van der Waals surface area contributed by atoms with Gasteiger partial charge >= 0.3 is 5.97 Å². The lowest BCUT2D eigenvalue weighted by Crippen LogP contribution is -2.26. The first-order valence-electron chi connectivity index (χ1n) is 11.5. The molecule has 2 fully saturated rings. The van der Waals surface area contributed by atoms with E-state index in [-0.39, 0.29) is 17.9 Å². The number of aliphatic carboxylic acids is 1. The fourth-order valence-corrected chi connectivity index (χ4v) is 4.00. The normalized spacial score (nSPS) is 14.3. The van der Waals surface area contributed by atoms with Crippen molar-refractivity contribution in [2.75, 3.05) is 6.61 Å². The third kappa shape index (κ3) is 8.06. The van der Waals surface area contributed by atoms with Crippen LogP contribution in [-0.2, 0) is 11.4 Å². The number of rotatable bonds is 9. The van der Waals surface area contributed by atoms with E-state index in [1.54, 1.807) is 12.1 Å². The van der Waals surface area contributed by atoms with E-state index in [9.17, 15) is 9.59 Å². The van der Waals surface area contributed by atoms with Gasteiger partial charge in [0.05, 0.1) is 5.69 Å². The monoisotopic (exact) mass is 621 g/mol. The molecule has 2 aliphatic rings. The minimum Gasteiger partial charge on any atom is -0.486 e. The van der Waals surface area contributed by atoms with Crippen molar-refractivity contribution in [2.24, 2.45) is 0 Å². The fourth-order valence-electron chi connectivity index (χ4n) is 3.23. The predicted octanol–water partition coefficient (Wildman–Crippen LogP) is 5.23. The van der Waals surface area contributed by atoms with Crippen LogP contribution in [0, 0.1) is 3.70 Å². The largest absolute Gasteiger partial charge is 0.486 e. The van der Waals surface area contributed by atoms with Crippen LogP contribution in [0.2, 0.25) is 5.15 Å². The molecule has 2 heterocycles. The standard InChI is InChI=1S/C14H16N2O4.C12H9ClINO/c17-12(18)7-20-11-6-5-10(14(19)15-9-3-4-9)16-13(11)8-1-2-8;13-12-10(6-7-11(14)15-12)16-8-9-4-2-1-3-5-9/h5-6,8-9H,1-4,7H2,(H,15,19)(H,17,18);1-7H,8H2. The number of nitrogens with zero attached hydrogens (tertiary/aromatic N) is 2. The van der Waals surface area contributed by atoms with Crippen LogP contribution in [0.4, 0.5) is 0 Å². The van der Waals surface area contributed by atoms with Gasteiger partial charge in [-0.25, -0.2) is 14.8 Å². The van der Waals surface area contributed by atoms with Crippen LogP contribution in [0.25, 0.3) is 0 Å². The molecule has 5 rings (SSSR count). The number of carbonyl (C=O) groups excluding carboxylic acids is 1. The van der Waals surface area contributed by atoms with Gasteiger partial charge in [-0.05, 0) is 78.1 Å². The number of nitrogens with one attached hydrogen (secondary N) is 1. The summed E-state index contributed by atoms with van der Waals surface area (Å²) in [4.78, 5) is 31.0. The zero-order valence-corrected chi connectivity index (χ0v) is 22.2. The van der Waals surface area contributed by atoms with Crippen molar-refractivity contribution >= 4 is 46.1 Å². The number of carboxylic acid groups (broad SMARTS) is 1. The number of pyridine rings is 2. The van der Waals surface area contributed by atoms with Gasteiger partial charge in [-0.1, -0.05) is 41.9 Å². The number of ether oxygens (including phenoxy) is 2. The van der Waals surface area contributed by atoms with Gasteiger partial charge in [0.25, 0.3) is 5.91 Å². The number of amides is 1. The van der Waals surface area contributed by atoms with Crippen LogP contribution in [0.3, 0.4) is 0 Å². The summed E-state index contributed by atoms with van der Waals surface area (Å²) in [5, 5.41) is 12.0. The highest BCUT2D eigenvalue weighted by atomic mass is 127. The average molecular weight is 622 g/mol. The molecule has 2 saturated carbocycles. The molecule has 0 radical (unpaired) electrons. The Morgan fingerprint density at radius 1 is 0.972 bits per heavy atom. The van der Waals surface area contributed by atoms with Crippen molar-refractivity contribution in [3.63, 3.8) is 0 Å². The van der Waals surface area contributed by atoms with E-state index in [0.29, 0.717) is 34.6 Å². The van der Waals surface area contributed by atoms with Crippen LogP contribution >= 0.6 is 34.2 Å². The molecule has 2 aliphatic carbocycles. The molecule has 2 N–H and O–H groups in total. The molecule has 0 unspecified atom stereocenters. The Hall–Kier alpha value is -2.92. The number of hydrogen-bond donors (Lipinski definition) is 2. The number of aromatic nitrogens is 2. The minimum atomic E-state index is -1.03. The summed E-state index contributed by atoms with van der Waals surface area (Å²) in [6.07, 6.45) is 4.07. The zero-order valence-electron chi connectivity index (χ0n) is 19.3. The Kier molecular flexibility index (Phi) is 8.98. The third-order valence-electron chi connectivity index (χ3n) is 5.36. The van der Waals surface area contributed by atoms with Crippen LogP contribution in [0.5, 0.6) is 11.5 Å². The first kappa shape index (κ1) is 26.2. The number of benzene rings is 1. The Morgan fingerprint density at radius 3 is 2.33 bits per heavy atom. The maximum Gasteiger partial charge on any atom is 0.341 e. The predicted molar refractivity (Wildman–Crippen MR) is 143 cm³/mol. The van der Waals surface area contributed by atoms with Gasteiger partial charge in [-0.15, -0.1) is 0 Å². The maximum absolute atomic E-state index is 12.0. The molecule has 0 atom stereocenters. The van der Waals surface area contributed by atoms with E-state index in [1.165, 1.54) is 0 Å². The van der Waals surface area contributed by atoms with Crippen molar-refractivity contribution in [3.05, 3.63) is 80.4 Å². The number of hydrogen-bond acceptors (Lipinski definition) is 6. The summed E-state index contributed by atoms with van der Waals surface area (Å²) in [7, 11) is 0. The van der Waals surface area contributed by atoms with Gasteiger partial charge in [-0.2, -0.15) is 0 Å². The molecule has 10 heteroatoms. The molecule has 8 nitrogen and oxygen atoms in total. The second-order valence-electron chi connectivity index (χ2n) is 8.48. The Balaban J connectivity index is 0.000000174. The van der Waals surface area contributed by atoms with Crippen LogP contribution < -0.4 is 14.8 Å². The van der Waals surface area contributed by atoms with E-state index in [2.05, 4.69) is 37.9 Å². The molecule has 36 heavy (non-hydrogen) atoms. The SMILES string of the molecule is Clc1nc(I)ccc1OCc1ccccc1.O=C(O)COc1ccc(C(=O)NC2CC2)nc1C1CC1. The molecule has 0 spiro atoms. The third-order valence-corrected chi connectivity index (χ3v) is 6.24. The average Bonchev–Trinajstić information content (AvgIpc) is 3.78. The van der Waals surface area contributed by atoms with Crippen molar-refractivity contribution in [1.29, 1.82) is 0 Å². The smallest absolute Gasteiger partial charge is 0.341 e. The topological polar surface area (TPSA) is 111 Å². The van der Waals surface area contributed by atoms with Crippen molar-refractivity contribution in [3.8, 4) is 11.5 Å². The molecule has 1 aromatic carbocycles. The van der Waals surface area contributed by atoms with Gasteiger partial charge in [0.15, 0.2) is 17.5 Å². The summed E-state index contributed by atoms with van der Waals surface area (Å²) in [6.45, 7) is 0.109. The molecule has 188 valence electrons. The summed E-state index contributed by atoms with van der Waals surface area (Å²) in [5.41, 5.74) is 2.19. The van der Waals surface area contributed by atoms with Crippen LogP contribution in [-0.4, -0.2) is 39.6 Å². The molecule has 0 aliphatic heterocycles. The molecule has 1 amide bonds. The molecule has 0 saturated heterocycles. The number of carboxylic acids is 1. The van der Waals surface area contributed by atoms with Crippen molar-refractivity contribution in [2.45, 2.75) is 44.2 Å². The Bertz CT molecular complexity index is 1220. The van der Waals surface area contributed by atoms with Crippen molar-refractivity contribution < 1.29 is 24.2 Å². The first-order chi connectivity index (χ1) is 17.4. The summed E-state index contributed by atoms with van der Waals surface area (Å²) in [6, 6.07) is 17.2. The van der Waals surface area contributed by atoms with Crippen LogP contribution in [0.1, 0.15) is 53.3 Å². The van der Waals surface area contributed by atoms with E-state index in [1.807, 2.05) is 42.5 Å². The van der Waals surface area contributed by atoms with Gasteiger partial charge in [0.2, 0.25) is 0 Å². The fraction of sp³-hybridized carbons (Fsp3) is 0.308. The lowest BCUT2D eigenvalue weighted by Gasteiger charge is -2.10. The molecule has 0 bridgehead atoms. The number of carbonyl (C=O) groups is 2. The lowest BCUT2D eigenvalue weighted by molar-refractivity contribution is -0.139. The van der Waals surface area contributed by atoms with Crippen molar-refractivity contribution in [1.82, 2.24) is 15.3 Å². The quantitative estimate of drug-likeness (QED) is 0.249. The van der Waals surface area contributed by atoms with Gasteiger partial charge in [0.1, 0.15) is 21.8 Å². The molecule has 3 aromatic rings. The number of halogens is 2. The highest BCUT2D eigenvalue weighted by molar-refractivity contribution is 14.1. The van der Waals surface area contributed by atoms with Crippen LogP contribution in [0.15, 0.2) is 54.6 Å². The maximum atomic E-state index is 12.0. The van der Waals surface area contributed by atoms with Gasteiger partial charge < -0.3 is 19.9 Å². The van der Waals surface area contributed by atoms with E-state index >= 15 is 0 Å². The Labute approximate surface area is 227 Å².